The minimum absolute atomic E-state index is 0.0550. The fourth-order valence-corrected chi connectivity index (χ4v) is 3.60. The predicted octanol–water partition coefficient (Wildman–Crippen LogP) is 5.71. The summed E-state index contributed by atoms with van der Waals surface area (Å²) < 4.78 is 39.1. The van der Waals surface area contributed by atoms with Gasteiger partial charge in [-0.2, -0.15) is 13.2 Å². The first-order valence-corrected chi connectivity index (χ1v) is 10.6. The quantitative estimate of drug-likeness (QED) is 0.333. The molecule has 4 rings (SSSR count). The Kier molecular flexibility index (Phi) is 6.16. The van der Waals surface area contributed by atoms with Crippen LogP contribution < -0.4 is 10.6 Å². The second kappa shape index (κ2) is 9.04. The number of hydrogen-bond acceptors (Lipinski definition) is 5. The van der Waals surface area contributed by atoms with Crippen molar-refractivity contribution >= 4 is 46.4 Å². The maximum absolute atomic E-state index is 13.0. The number of nitrogens with zero attached hydrogens (tertiary/aromatic N) is 2. The number of carbonyl (C=O) groups excluding carboxylic acids is 2. The van der Waals surface area contributed by atoms with Gasteiger partial charge in [0.05, 0.1) is 28.0 Å². The number of H-pyrrole nitrogens is 1. The van der Waals surface area contributed by atoms with E-state index in [4.69, 9.17) is 11.6 Å². The molecule has 33 heavy (non-hydrogen) atoms. The highest BCUT2D eigenvalue weighted by Crippen LogP contribution is 2.35. The highest BCUT2D eigenvalue weighted by molar-refractivity contribution is 7.07. The number of thiazole rings is 1. The SMILES string of the molecule is O=C(Nc1ncc(-c2ccc(NC(=O)c3cscn3)cc2)[nH]1)c1ccc(Cl)c(C(F)(F)F)c1. The zero-order valence-corrected chi connectivity index (χ0v) is 18.0. The van der Waals surface area contributed by atoms with Crippen LogP contribution in [0.5, 0.6) is 0 Å². The maximum atomic E-state index is 13.0. The molecule has 0 spiro atoms. The molecule has 0 fully saturated rings. The van der Waals surface area contributed by atoms with Gasteiger partial charge in [0.15, 0.2) is 0 Å². The van der Waals surface area contributed by atoms with Crippen LogP contribution in [0.1, 0.15) is 26.4 Å². The zero-order valence-electron chi connectivity index (χ0n) is 16.4. The third kappa shape index (κ3) is 5.21. The van der Waals surface area contributed by atoms with Crippen LogP contribution in [0.2, 0.25) is 5.02 Å². The van der Waals surface area contributed by atoms with E-state index in [9.17, 15) is 22.8 Å². The molecule has 0 unspecified atom stereocenters. The van der Waals surface area contributed by atoms with Crippen LogP contribution in [-0.4, -0.2) is 26.8 Å². The molecule has 2 aromatic heterocycles. The van der Waals surface area contributed by atoms with Gasteiger partial charge >= 0.3 is 6.18 Å². The van der Waals surface area contributed by atoms with Crippen molar-refractivity contribution < 1.29 is 22.8 Å². The standard InChI is InChI=1S/C21H13ClF3N5O2S/c22-15-6-3-12(7-14(15)21(23,24)25)18(31)30-20-26-8-16(29-20)11-1-4-13(5-2-11)28-19(32)17-9-33-10-27-17/h1-10H,(H,28,32)(H2,26,29,30,31). The van der Waals surface area contributed by atoms with E-state index in [0.29, 0.717) is 28.7 Å². The number of aromatic nitrogens is 3. The number of halogens is 4. The fourth-order valence-electron chi connectivity index (χ4n) is 2.85. The van der Waals surface area contributed by atoms with E-state index in [0.717, 1.165) is 6.07 Å². The van der Waals surface area contributed by atoms with Crippen molar-refractivity contribution in [1.82, 2.24) is 15.0 Å². The van der Waals surface area contributed by atoms with E-state index < -0.39 is 22.7 Å². The van der Waals surface area contributed by atoms with Crippen molar-refractivity contribution in [1.29, 1.82) is 0 Å². The van der Waals surface area contributed by atoms with Gasteiger partial charge in [-0.15, -0.1) is 11.3 Å². The lowest BCUT2D eigenvalue weighted by molar-refractivity contribution is -0.137. The van der Waals surface area contributed by atoms with Crippen molar-refractivity contribution in [3.63, 3.8) is 0 Å². The predicted molar refractivity (Wildman–Crippen MR) is 118 cm³/mol. The van der Waals surface area contributed by atoms with Gasteiger partial charge in [-0.3, -0.25) is 14.9 Å². The molecule has 0 bridgehead atoms. The summed E-state index contributed by atoms with van der Waals surface area (Å²) in [6.45, 7) is 0. The van der Waals surface area contributed by atoms with E-state index in [1.807, 2.05) is 0 Å². The molecule has 2 amide bonds. The van der Waals surface area contributed by atoms with Gasteiger partial charge in [-0.05, 0) is 35.9 Å². The molecule has 0 atom stereocenters. The lowest BCUT2D eigenvalue weighted by Gasteiger charge is -2.10. The van der Waals surface area contributed by atoms with Crippen LogP contribution in [0, 0.1) is 0 Å². The Bertz CT molecular complexity index is 1300. The Hall–Kier alpha value is -3.70. The van der Waals surface area contributed by atoms with E-state index in [1.165, 1.54) is 23.6 Å². The first kappa shape index (κ1) is 22.5. The smallest absolute Gasteiger partial charge is 0.324 e. The maximum Gasteiger partial charge on any atom is 0.417 e. The number of anilines is 2. The summed E-state index contributed by atoms with van der Waals surface area (Å²) in [6, 6.07) is 9.71. The molecule has 0 saturated carbocycles. The number of carbonyl (C=O) groups is 2. The molecule has 168 valence electrons. The van der Waals surface area contributed by atoms with Crippen molar-refractivity contribution in [2.24, 2.45) is 0 Å². The number of benzene rings is 2. The van der Waals surface area contributed by atoms with Gasteiger partial charge in [0.25, 0.3) is 11.8 Å². The van der Waals surface area contributed by atoms with Crippen molar-refractivity contribution in [3.8, 4) is 11.3 Å². The van der Waals surface area contributed by atoms with Gasteiger partial charge < -0.3 is 10.3 Å². The summed E-state index contributed by atoms with van der Waals surface area (Å²) in [6.07, 6.45) is -3.22. The molecule has 2 heterocycles. The molecular formula is C21H13ClF3N5O2S. The first-order valence-electron chi connectivity index (χ1n) is 9.24. The van der Waals surface area contributed by atoms with E-state index in [-0.39, 0.29) is 17.4 Å². The number of imidazole rings is 1. The van der Waals surface area contributed by atoms with E-state index >= 15 is 0 Å². The van der Waals surface area contributed by atoms with Gasteiger partial charge in [0.1, 0.15) is 5.69 Å². The number of amides is 2. The van der Waals surface area contributed by atoms with Crippen LogP contribution in [0.3, 0.4) is 0 Å². The summed E-state index contributed by atoms with van der Waals surface area (Å²) in [5, 5.41) is 6.29. The molecule has 4 aromatic rings. The molecule has 3 N–H and O–H groups in total. The normalized spacial score (nSPS) is 11.3. The molecule has 0 aliphatic carbocycles. The molecule has 0 radical (unpaired) electrons. The van der Waals surface area contributed by atoms with Crippen LogP contribution in [0.15, 0.2) is 59.6 Å². The Morgan fingerprint density at radius 1 is 1.00 bits per heavy atom. The minimum atomic E-state index is -4.68. The minimum Gasteiger partial charge on any atom is -0.324 e. The zero-order chi connectivity index (χ0) is 23.6. The number of nitrogens with one attached hydrogen (secondary N) is 3. The third-order valence-corrected chi connectivity index (χ3v) is 5.38. The average molecular weight is 492 g/mol. The number of hydrogen-bond donors (Lipinski definition) is 3. The Morgan fingerprint density at radius 3 is 2.42 bits per heavy atom. The molecule has 0 aliphatic heterocycles. The molecule has 0 saturated heterocycles. The molecule has 0 aliphatic rings. The molecule has 2 aromatic carbocycles. The number of alkyl halides is 3. The lowest BCUT2D eigenvalue weighted by Crippen LogP contribution is -2.15. The second-order valence-corrected chi connectivity index (χ2v) is 7.82. The topological polar surface area (TPSA) is 99.8 Å². The fraction of sp³-hybridized carbons (Fsp3) is 0.0476. The van der Waals surface area contributed by atoms with E-state index in [2.05, 4.69) is 25.6 Å². The summed E-state index contributed by atoms with van der Waals surface area (Å²) in [5.74, 6) is -1.05. The number of rotatable bonds is 5. The largest absolute Gasteiger partial charge is 0.417 e. The summed E-state index contributed by atoms with van der Waals surface area (Å²) in [5.41, 5.74) is 2.39. The lowest BCUT2D eigenvalue weighted by atomic mass is 10.1. The third-order valence-electron chi connectivity index (χ3n) is 4.46. The summed E-state index contributed by atoms with van der Waals surface area (Å²) in [4.78, 5) is 35.3. The van der Waals surface area contributed by atoms with Gasteiger partial charge in [-0.25, -0.2) is 9.97 Å². The summed E-state index contributed by atoms with van der Waals surface area (Å²) >= 11 is 6.90. The molecule has 7 nitrogen and oxygen atoms in total. The Morgan fingerprint density at radius 2 is 1.76 bits per heavy atom. The average Bonchev–Trinajstić information content (AvgIpc) is 3.46. The highest BCUT2D eigenvalue weighted by Gasteiger charge is 2.33. The van der Waals surface area contributed by atoms with Crippen LogP contribution in [0.4, 0.5) is 24.8 Å². The van der Waals surface area contributed by atoms with Gasteiger partial charge in [0, 0.05) is 16.6 Å². The van der Waals surface area contributed by atoms with Crippen LogP contribution in [0.25, 0.3) is 11.3 Å². The molecule has 12 heteroatoms. The van der Waals surface area contributed by atoms with Crippen LogP contribution in [-0.2, 0) is 6.18 Å². The van der Waals surface area contributed by atoms with E-state index in [1.54, 1.807) is 35.2 Å². The summed E-state index contributed by atoms with van der Waals surface area (Å²) in [7, 11) is 0. The van der Waals surface area contributed by atoms with Crippen molar-refractivity contribution in [3.05, 3.63) is 81.4 Å². The molecular weight excluding hydrogens is 479 g/mol. The van der Waals surface area contributed by atoms with Crippen LogP contribution >= 0.6 is 22.9 Å². The van der Waals surface area contributed by atoms with Crippen molar-refractivity contribution in [2.75, 3.05) is 10.6 Å². The van der Waals surface area contributed by atoms with Gasteiger partial charge in [0.2, 0.25) is 5.95 Å². The second-order valence-electron chi connectivity index (χ2n) is 6.70. The van der Waals surface area contributed by atoms with Gasteiger partial charge in [-0.1, -0.05) is 23.7 Å². The number of aromatic amines is 1. The highest BCUT2D eigenvalue weighted by atomic mass is 35.5. The first-order chi connectivity index (χ1) is 15.7. The van der Waals surface area contributed by atoms with Crippen molar-refractivity contribution in [2.45, 2.75) is 6.18 Å². The Labute approximate surface area is 193 Å². The monoisotopic (exact) mass is 491 g/mol. The Balaban J connectivity index is 1.44.